The van der Waals surface area contributed by atoms with Gasteiger partial charge in [-0.05, 0) is 47.1 Å². The number of carbonyl (C=O) groups excluding carboxylic acids is 2. The standard InChI is InChI=1S/C16H12BrClF2N2O2/c1-7(21)16(24)22-11-6-5-8(18)14(17)13(11)15(23)12-9(19)3-2-4-10(12)20/h2-7H,21H2,1H3,(H,22,24). The number of nitrogens with one attached hydrogen (secondary N) is 1. The zero-order chi connectivity index (χ0) is 18.0. The van der Waals surface area contributed by atoms with E-state index in [1.807, 2.05) is 0 Å². The number of hydrogen-bond donors (Lipinski definition) is 2. The Kier molecular flexibility index (Phi) is 5.69. The van der Waals surface area contributed by atoms with Crippen LogP contribution in [0.25, 0.3) is 0 Å². The third-order valence-electron chi connectivity index (χ3n) is 3.18. The minimum Gasteiger partial charge on any atom is -0.324 e. The van der Waals surface area contributed by atoms with E-state index in [1.54, 1.807) is 0 Å². The van der Waals surface area contributed by atoms with Gasteiger partial charge in [0.05, 0.1) is 27.9 Å². The van der Waals surface area contributed by atoms with Gasteiger partial charge in [0.15, 0.2) is 0 Å². The summed E-state index contributed by atoms with van der Waals surface area (Å²) in [6.07, 6.45) is 0. The average Bonchev–Trinajstić information content (AvgIpc) is 2.50. The van der Waals surface area contributed by atoms with E-state index in [9.17, 15) is 18.4 Å². The Bertz CT molecular complexity index is 808. The predicted molar refractivity (Wildman–Crippen MR) is 91.2 cm³/mol. The fourth-order valence-corrected chi connectivity index (χ4v) is 2.65. The van der Waals surface area contributed by atoms with E-state index in [2.05, 4.69) is 21.2 Å². The minimum atomic E-state index is -1.02. The smallest absolute Gasteiger partial charge is 0.241 e. The highest BCUT2D eigenvalue weighted by Gasteiger charge is 2.25. The lowest BCUT2D eigenvalue weighted by atomic mass is 10.00. The van der Waals surface area contributed by atoms with Crippen LogP contribution >= 0.6 is 27.5 Å². The summed E-state index contributed by atoms with van der Waals surface area (Å²) in [6.45, 7) is 1.46. The molecule has 3 N–H and O–H groups in total. The highest BCUT2D eigenvalue weighted by molar-refractivity contribution is 9.10. The second-order valence-electron chi connectivity index (χ2n) is 4.99. The van der Waals surface area contributed by atoms with Gasteiger partial charge in [0.25, 0.3) is 0 Å². The fourth-order valence-electron chi connectivity index (χ4n) is 1.96. The molecule has 126 valence electrons. The summed E-state index contributed by atoms with van der Waals surface area (Å²) in [5.41, 5.74) is 4.62. The molecule has 1 amide bonds. The number of ketones is 1. The van der Waals surface area contributed by atoms with Crippen molar-refractivity contribution < 1.29 is 18.4 Å². The molecule has 0 fully saturated rings. The summed E-state index contributed by atoms with van der Waals surface area (Å²) in [4.78, 5) is 24.5. The number of benzene rings is 2. The molecule has 0 radical (unpaired) electrons. The summed E-state index contributed by atoms with van der Waals surface area (Å²) in [6, 6.07) is 5.03. The van der Waals surface area contributed by atoms with E-state index >= 15 is 0 Å². The largest absolute Gasteiger partial charge is 0.324 e. The van der Waals surface area contributed by atoms with Crippen LogP contribution < -0.4 is 11.1 Å². The van der Waals surface area contributed by atoms with Crippen molar-refractivity contribution in [3.63, 3.8) is 0 Å². The van der Waals surface area contributed by atoms with Crippen molar-refractivity contribution in [2.24, 2.45) is 5.73 Å². The molecule has 2 aromatic rings. The molecule has 4 nitrogen and oxygen atoms in total. The van der Waals surface area contributed by atoms with Crippen molar-refractivity contribution in [1.29, 1.82) is 0 Å². The first kappa shape index (κ1) is 18.5. The first-order chi connectivity index (χ1) is 11.2. The zero-order valence-corrected chi connectivity index (χ0v) is 14.7. The number of nitrogens with two attached hydrogens (primary N) is 1. The van der Waals surface area contributed by atoms with Gasteiger partial charge in [0.1, 0.15) is 11.6 Å². The van der Waals surface area contributed by atoms with Gasteiger partial charge in [-0.15, -0.1) is 0 Å². The van der Waals surface area contributed by atoms with Crippen molar-refractivity contribution in [2.75, 3.05) is 5.32 Å². The van der Waals surface area contributed by atoms with E-state index < -0.39 is 34.9 Å². The molecule has 0 saturated heterocycles. The predicted octanol–water partition coefficient (Wildman–Crippen LogP) is 3.90. The Balaban J connectivity index is 2.62. The summed E-state index contributed by atoms with van der Waals surface area (Å²) < 4.78 is 28.0. The molecule has 1 unspecified atom stereocenters. The molecule has 0 saturated carbocycles. The molecule has 0 aromatic heterocycles. The summed E-state index contributed by atoms with van der Waals surface area (Å²) in [7, 11) is 0. The molecule has 0 aliphatic heterocycles. The van der Waals surface area contributed by atoms with Crippen LogP contribution in [-0.4, -0.2) is 17.7 Å². The zero-order valence-electron chi connectivity index (χ0n) is 12.4. The maximum absolute atomic E-state index is 13.9. The van der Waals surface area contributed by atoms with Gasteiger partial charge in [-0.25, -0.2) is 8.78 Å². The number of halogens is 4. The molecule has 2 aromatic carbocycles. The van der Waals surface area contributed by atoms with Gasteiger partial charge >= 0.3 is 0 Å². The normalized spacial score (nSPS) is 11.9. The highest BCUT2D eigenvalue weighted by atomic mass is 79.9. The lowest BCUT2D eigenvalue weighted by Gasteiger charge is -2.15. The number of carbonyl (C=O) groups is 2. The summed E-state index contributed by atoms with van der Waals surface area (Å²) in [5, 5.41) is 2.60. The molecule has 0 bridgehead atoms. The maximum Gasteiger partial charge on any atom is 0.241 e. The molecule has 0 aliphatic rings. The van der Waals surface area contributed by atoms with Crippen LogP contribution in [0.3, 0.4) is 0 Å². The lowest BCUT2D eigenvalue weighted by Crippen LogP contribution is -2.33. The Morgan fingerprint density at radius 1 is 1.17 bits per heavy atom. The van der Waals surface area contributed by atoms with Gasteiger partial charge in [0, 0.05) is 4.47 Å². The van der Waals surface area contributed by atoms with E-state index in [0.717, 1.165) is 18.2 Å². The Morgan fingerprint density at radius 3 is 2.29 bits per heavy atom. The van der Waals surface area contributed by atoms with Crippen LogP contribution in [-0.2, 0) is 4.79 Å². The molecule has 8 heteroatoms. The van der Waals surface area contributed by atoms with Gasteiger partial charge in [0.2, 0.25) is 11.7 Å². The average molecular weight is 418 g/mol. The number of hydrogen-bond acceptors (Lipinski definition) is 3. The monoisotopic (exact) mass is 416 g/mol. The van der Waals surface area contributed by atoms with Crippen LogP contribution in [0.4, 0.5) is 14.5 Å². The molecule has 0 heterocycles. The molecular weight excluding hydrogens is 406 g/mol. The van der Waals surface area contributed by atoms with Gasteiger partial charge < -0.3 is 11.1 Å². The van der Waals surface area contributed by atoms with Crippen LogP contribution in [0.5, 0.6) is 0 Å². The fraction of sp³-hybridized carbons (Fsp3) is 0.125. The van der Waals surface area contributed by atoms with Crippen molar-refractivity contribution in [2.45, 2.75) is 13.0 Å². The van der Waals surface area contributed by atoms with Gasteiger partial charge in [-0.1, -0.05) is 17.7 Å². The Labute approximate surface area is 150 Å². The van der Waals surface area contributed by atoms with E-state index in [4.69, 9.17) is 17.3 Å². The van der Waals surface area contributed by atoms with Crippen molar-refractivity contribution >= 4 is 44.9 Å². The first-order valence-corrected chi connectivity index (χ1v) is 7.94. The quantitative estimate of drug-likeness (QED) is 0.741. The third kappa shape index (κ3) is 3.63. The SMILES string of the molecule is CC(N)C(=O)Nc1ccc(Cl)c(Br)c1C(=O)c1c(F)cccc1F. The van der Waals surface area contributed by atoms with Crippen LogP contribution in [0.2, 0.25) is 5.02 Å². The maximum atomic E-state index is 13.9. The molecule has 2 rings (SSSR count). The summed E-state index contributed by atoms with van der Waals surface area (Å²) >= 11 is 9.10. The number of anilines is 1. The van der Waals surface area contributed by atoms with E-state index in [0.29, 0.717) is 0 Å². The number of rotatable bonds is 4. The van der Waals surface area contributed by atoms with Crippen molar-refractivity contribution in [1.82, 2.24) is 0 Å². The van der Waals surface area contributed by atoms with Gasteiger partial charge in [-0.3, -0.25) is 9.59 Å². The highest BCUT2D eigenvalue weighted by Crippen LogP contribution is 2.34. The van der Waals surface area contributed by atoms with Crippen molar-refractivity contribution in [3.05, 3.63) is 62.6 Å². The topological polar surface area (TPSA) is 72.2 Å². The lowest BCUT2D eigenvalue weighted by molar-refractivity contribution is -0.117. The second kappa shape index (κ2) is 7.38. The van der Waals surface area contributed by atoms with E-state index in [1.165, 1.54) is 19.1 Å². The molecule has 0 spiro atoms. The van der Waals surface area contributed by atoms with Crippen LogP contribution in [0.1, 0.15) is 22.8 Å². The Hall–Kier alpha value is -1.83. The van der Waals surface area contributed by atoms with Crippen LogP contribution in [0.15, 0.2) is 34.8 Å². The van der Waals surface area contributed by atoms with Crippen LogP contribution in [0, 0.1) is 11.6 Å². The number of amides is 1. The van der Waals surface area contributed by atoms with Crippen molar-refractivity contribution in [3.8, 4) is 0 Å². The first-order valence-electron chi connectivity index (χ1n) is 6.77. The Morgan fingerprint density at radius 2 is 1.75 bits per heavy atom. The van der Waals surface area contributed by atoms with Gasteiger partial charge in [-0.2, -0.15) is 0 Å². The molecular formula is C16H12BrClF2N2O2. The third-order valence-corrected chi connectivity index (χ3v) is 4.55. The summed E-state index contributed by atoms with van der Waals surface area (Å²) in [5.74, 6) is -3.56. The van der Waals surface area contributed by atoms with E-state index in [-0.39, 0.29) is 20.7 Å². The molecule has 1 atom stereocenters. The molecule has 0 aliphatic carbocycles. The molecule has 24 heavy (non-hydrogen) atoms. The second-order valence-corrected chi connectivity index (χ2v) is 6.19. The minimum absolute atomic E-state index is 0.0428.